The third kappa shape index (κ3) is 2.80. The highest BCUT2D eigenvalue weighted by Gasteiger charge is 1.84. The Hall–Kier alpha value is -1.38. The van der Waals surface area contributed by atoms with Crippen molar-refractivity contribution in [3.8, 4) is 0 Å². The van der Waals surface area contributed by atoms with Crippen LogP contribution in [0.1, 0.15) is 5.82 Å². The van der Waals surface area contributed by atoms with Gasteiger partial charge in [0, 0.05) is 32.7 Å². The summed E-state index contributed by atoms with van der Waals surface area (Å²) in [5.41, 5.74) is 0. The molecule has 0 fully saturated rings. The minimum atomic E-state index is 0.737. The molecule has 0 aliphatic carbocycles. The van der Waals surface area contributed by atoms with E-state index in [2.05, 4.69) is 9.97 Å². The van der Waals surface area contributed by atoms with Crippen LogP contribution in [0, 0.1) is 0 Å². The summed E-state index contributed by atoms with van der Waals surface area (Å²) in [4.78, 5) is 9.99. The van der Waals surface area contributed by atoms with Crippen LogP contribution in [-0.4, -0.2) is 29.0 Å². The molecule has 58 valence electrons. The fourth-order valence-corrected chi connectivity index (χ4v) is 0.612. The summed E-state index contributed by atoms with van der Waals surface area (Å²) in [5, 5.41) is 0. The molecule has 1 aromatic rings. The second kappa shape index (κ2) is 3.71. The van der Waals surface area contributed by atoms with Crippen LogP contribution in [-0.2, 0) is 0 Å². The van der Waals surface area contributed by atoms with E-state index in [-0.39, 0.29) is 0 Å². The van der Waals surface area contributed by atoms with Gasteiger partial charge in [0.2, 0.25) is 0 Å². The average molecular weight is 149 g/mol. The molecule has 1 aromatic heterocycles. The summed E-state index contributed by atoms with van der Waals surface area (Å²) in [6.07, 6.45) is 7.22. The van der Waals surface area contributed by atoms with Gasteiger partial charge in [0.25, 0.3) is 0 Å². The lowest BCUT2D eigenvalue weighted by atomic mass is 10.5. The predicted molar refractivity (Wildman–Crippen MR) is 44.8 cm³/mol. The second-order valence-corrected chi connectivity index (χ2v) is 2.39. The maximum atomic E-state index is 4.03. The number of hydrogen-bond donors (Lipinski definition) is 0. The van der Waals surface area contributed by atoms with Gasteiger partial charge in [0.15, 0.2) is 5.82 Å². The Balaban J connectivity index is 2.65. The van der Waals surface area contributed by atoms with E-state index >= 15 is 0 Å². The molecule has 0 aliphatic rings. The van der Waals surface area contributed by atoms with Crippen LogP contribution in [0.3, 0.4) is 0 Å². The van der Waals surface area contributed by atoms with Crippen LogP contribution in [0.4, 0.5) is 0 Å². The van der Waals surface area contributed by atoms with E-state index in [9.17, 15) is 0 Å². The number of nitrogens with zero attached hydrogens (tertiary/aromatic N) is 3. The van der Waals surface area contributed by atoms with E-state index in [1.165, 1.54) is 0 Å². The largest absolute Gasteiger partial charge is 0.383 e. The monoisotopic (exact) mass is 149 g/mol. The topological polar surface area (TPSA) is 29.0 Å². The van der Waals surface area contributed by atoms with Crippen LogP contribution in [0.25, 0.3) is 6.08 Å². The van der Waals surface area contributed by atoms with Crippen LogP contribution >= 0.6 is 0 Å². The average Bonchev–Trinajstić information content (AvgIpc) is 2.03. The molecule has 0 unspecified atom stereocenters. The van der Waals surface area contributed by atoms with Gasteiger partial charge in [-0.2, -0.15) is 0 Å². The quantitative estimate of drug-likeness (QED) is 0.628. The highest BCUT2D eigenvalue weighted by atomic mass is 15.0. The lowest BCUT2D eigenvalue weighted by molar-refractivity contribution is 0.567. The van der Waals surface area contributed by atoms with Gasteiger partial charge in [-0.1, -0.05) is 0 Å². The molecule has 0 bridgehead atoms. The van der Waals surface area contributed by atoms with Gasteiger partial charge >= 0.3 is 0 Å². The Morgan fingerprint density at radius 1 is 1.27 bits per heavy atom. The first kappa shape index (κ1) is 7.72. The normalized spacial score (nSPS) is 10.4. The summed E-state index contributed by atoms with van der Waals surface area (Å²) >= 11 is 0. The first-order chi connectivity index (χ1) is 5.29. The molecular formula is C8H11N3. The first-order valence-electron chi connectivity index (χ1n) is 3.40. The van der Waals surface area contributed by atoms with E-state index in [0.29, 0.717) is 0 Å². The maximum Gasteiger partial charge on any atom is 0.153 e. The Labute approximate surface area is 66.4 Å². The molecule has 0 aliphatic heterocycles. The third-order valence-corrected chi connectivity index (χ3v) is 1.11. The summed E-state index contributed by atoms with van der Waals surface area (Å²) in [5.74, 6) is 0.737. The van der Waals surface area contributed by atoms with Crippen LogP contribution < -0.4 is 0 Å². The van der Waals surface area contributed by atoms with E-state index in [1.54, 1.807) is 18.5 Å². The summed E-state index contributed by atoms with van der Waals surface area (Å²) in [6, 6.07) is 1.80. The molecule has 1 heterocycles. The predicted octanol–water partition coefficient (Wildman–Crippen LogP) is 1.01. The van der Waals surface area contributed by atoms with Gasteiger partial charge in [0.1, 0.15) is 0 Å². The molecule has 3 heteroatoms. The smallest absolute Gasteiger partial charge is 0.153 e. The number of aromatic nitrogens is 2. The first-order valence-corrected chi connectivity index (χ1v) is 3.40. The molecule has 3 nitrogen and oxygen atoms in total. The molecule has 0 radical (unpaired) electrons. The van der Waals surface area contributed by atoms with Crippen LogP contribution in [0.5, 0.6) is 0 Å². The summed E-state index contributed by atoms with van der Waals surface area (Å²) in [6.45, 7) is 0. The zero-order valence-corrected chi connectivity index (χ0v) is 6.73. The highest BCUT2D eigenvalue weighted by molar-refractivity contribution is 5.37. The molecule has 0 atom stereocenters. The van der Waals surface area contributed by atoms with E-state index < -0.39 is 0 Å². The number of rotatable bonds is 2. The van der Waals surface area contributed by atoms with Crippen molar-refractivity contribution in [3.05, 3.63) is 30.5 Å². The van der Waals surface area contributed by atoms with Gasteiger partial charge in [0.05, 0.1) is 0 Å². The van der Waals surface area contributed by atoms with Crippen LogP contribution in [0.2, 0.25) is 0 Å². The fourth-order valence-electron chi connectivity index (χ4n) is 0.612. The van der Waals surface area contributed by atoms with E-state index in [1.807, 2.05) is 31.3 Å². The van der Waals surface area contributed by atoms with Crippen molar-refractivity contribution < 1.29 is 0 Å². The molecule has 0 N–H and O–H groups in total. The van der Waals surface area contributed by atoms with Gasteiger partial charge in [-0.25, -0.2) is 9.97 Å². The Morgan fingerprint density at radius 2 is 1.91 bits per heavy atom. The Morgan fingerprint density at radius 3 is 2.45 bits per heavy atom. The molecule has 11 heavy (non-hydrogen) atoms. The molecule has 0 saturated heterocycles. The van der Waals surface area contributed by atoms with Crippen molar-refractivity contribution in [2.24, 2.45) is 0 Å². The highest BCUT2D eigenvalue weighted by Crippen LogP contribution is 1.91. The van der Waals surface area contributed by atoms with E-state index in [0.717, 1.165) is 5.82 Å². The minimum absolute atomic E-state index is 0.737. The van der Waals surface area contributed by atoms with Gasteiger partial charge in [-0.05, 0) is 12.1 Å². The molecule has 0 amide bonds. The van der Waals surface area contributed by atoms with Crippen molar-refractivity contribution in [3.63, 3.8) is 0 Å². The molecule has 0 aromatic carbocycles. The second-order valence-electron chi connectivity index (χ2n) is 2.39. The van der Waals surface area contributed by atoms with Crippen molar-refractivity contribution in [2.75, 3.05) is 14.1 Å². The van der Waals surface area contributed by atoms with Crippen molar-refractivity contribution >= 4 is 6.08 Å². The standard InChI is InChI=1S/C8H11N3/c1-11(2)7-4-8-9-5-3-6-10-8/h3-7H,1-2H3/b7-4+. The molecule has 0 spiro atoms. The van der Waals surface area contributed by atoms with Crippen molar-refractivity contribution in [2.45, 2.75) is 0 Å². The lowest BCUT2D eigenvalue weighted by Crippen LogP contribution is -2.00. The minimum Gasteiger partial charge on any atom is -0.383 e. The molecule has 0 saturated carbocycles. The summed E-state index contributed by atoms with van der Waals surface area (Å²) < 4.78 is 0. The number of hydrogen-bond acceptors (Lipinski definition) is 3. The lowest BCUT2D eigenvalue weighted by Gasteiger charge is -2.01. The zero-order valence-electron chi connectivity index (χ0n) is 6.73. The van der Waals surface area contributed by atoms with Gasteiger partial charge in [-0.3, -0.25) is 0 Å². The zero-order chi connectivity index (χ0) is 8.10. The van der Waals surface area contributed by atoms with Crippen molar-refractivity contribution in [1.29, 1.82) is 0 Å². The van der Waals surface area contributed by atoms with Gasteiger partial charge in [-0.15, -0.1) is 0 Å². The Kier molecular flexibility index (Phi) is 2.60. The van der Waals surface area contributed by atoms with E-state index in [4.69, 9.17) is 0 Å². The summed E-state index contributed by atoms with van der Waals surface area (Å²) in [7, 11) is 3.92. The van der Waals surface area contributed by atoms with Crippen LogP contribution in [0.15, 0.2) is 24.7 Å². The SMILES string of the molecule is CN(C)/C=C/c1ncccn1. The maximum absolute atomic E-state index is 4.03. The van der Waals surface area contributed by atoms with Crippen molar-refractivity contribution in [1.82, 2.24) is 14.9 Å². The Bertz CT molecular complexity index is 228. The molecule has 1 rings (SSSR count). The molecular weight excluding hydrogens is 138 g/mol. The third-order valence-electron chi connectivity index (χ3n) is 1.11. The fraction of sp³-hybridized carbons (Fsp3) is 0.250. The van der Waals surface area contributed by atoms with Gasteiger partial charge < -0.3 is 4.90 Å².